The average molecular weight is 415 g/mol. The zero-order valence-electron chi connectivity index (χ0n) is 15.8. The summed E-state index contributed by atoms with van der Waals surface area (Å²) >= 11 is 0. The van der Waals surface area contributed by atoms with Gasteiger partial charge < -0.3 is 15.4 Å². The van der Waals surface area contributed by atoms with E-state index in [1.165, 1.54) is 10.6 Å². The van der Waals surface area contributed by atoms with Gasteiger partial charge in [0.2, 0.25) is 15.9 Å². The van der Waals surface area contributed by atoms with Crippen LogP contribution in [0, 0.1) is 5.92 Å². The molecular weight excluding hydrogens is 394 g/mol. The predicted octanol–water partition coefficient (Wildman–Crippen LogP) is 2.65. The highest BCUT2D eigenvalue weighted by Crippen LogP contribution is 2.36. The molecule has 0 unspecified atom stereocenters. The van der Waals surface area contributed by atoms with E-state index in [9.17, 15) is 18.0 Å². The molecule has 1 fully saturated rings. The third-order valence-electron chi connectivity index (χ3n) is 5.14. The fraction of sp³-hybridized carbons (Fsp3) is 0.300. The Morgan fingerprint density at radius 2 is 1.86 bits per heavy atom. The van der Waals surface area contributed by atoms with Crippen LogP contribution in [0.2, 0.25) is 0 Å². The molecule has 0 aromatic heterocycles. The van der Waals surface area contributed by atoms with E-state index < -0.39 is 10.0 Å². The van der Waals surface area contributed by atoms with Crippen LogP contribution < -0.4 is 15.4 Å². The molecule has 1 saturated heterocycles. The lowest BCUT2D eigenvalue weighted by Crippen LogP contribution is -2.40. The monoisotopic (exact) mass is 415 g/mol. The van der Waals surface area contributed by atoms with Gasteiger partial charge in [-0.3, -0.25) is 9.59 Å². The Hall–Kier alpha value is -2.91. The number of fused-ring (bicyclic) bond motifs is 2. The number of sulfonamides is 1. The first-order valence-electron chi connectivity index (χ1n) is 9.29. The van der Waals surface area contributed by atoms with E-state index in [-0.39, 0.29) is 17.7 Å². The summed E-state index contributed by atoms with van der Waals surface area (Å²) in [5.41, 5.74) is 1.40. The first-order valence-corrected chi connectivity index (χ1v) is 11.1. The molecule has 2 N–H and O–H groups in total. The van der Waals surface area contributed by atoms with Crippen LogP contribution in [-0.4, -0.2) is 43.9 Å². The van der Waals surface area contributed by atoms with Gasteiger partial charge in [-0.25, -0.2) is 12.7 Å². The van der Waals surface area contributed by atoms with Crippen molar-refractivity contribution in [1.29, 1.82) is 0 Å². The zero-order valence-corrected chi connectivity index (χ0v) is 16.7. The molecule has 0 radical (unpaired) electrons. The third kappa shape index (κ3) is 4.10. The Bertz CT molecular complexity index is 1080. The molecule has 2 heterocycles. The minimum atomic E-state index is -3.23. The lowest BCUT2D eigenvalue weighted by atomic mass is 9.97. The van der Waals surface area contributed by atoms with Gasteiger partial charge in [0.1, 0.15) is 5.75 Å². The lowest BCUT2D eigenvalue weighted by Gasteiger charge is -2.29. The molecule has 2 aromatic carbocycles. The summed E-state index contributed by atoms with van der Waals surface area (Å²) in [6.45, 7) is 0.658. The highest BCUT2D eigenvalue weighted by molar-refractivity contribution is 7.88. The highest BCUT2D eigenvalue weighted by Gasteiger charge is 2.29. The summed E-state index contributed by atoms with van der Waals surface area (Å²) in [6, 6.07) is 12.1. The van der Waals surface area contributed by atoms with Crippen molar-refractivity contribution in [1.82, 2.24) is 4.31 Å². The largest absolute Gasteiger partial charge is 0.454 e. The van der Waals surface area contributed by atoms with Crippen LogP contribution in [0.15, 0.2) is 42.5 Å². The fourth-order valence-electron chi connectivity index (χ4n) is 3.54. The Morgan fingerprint density at radius 1 is 1.14 bits per heavy atom. The van der Waals surface area contributed by atoms with E-state index in [0.29, 0.717) is 54.4 Å². The number of nitrogens with one attached hydrogen (secondary N) is 2. The Kier molecular flexibility index (Phi) is 5.01. The van der Waals surface area contributed by atoms with E-state index in [1.807, 2.05) is 6.07 Å². The Balaban J connectivity index is 1.47. The summed E-state index contributed by atoms with van der Waals surface area (Å²) in [4.78, 5) is 25.2. The summed E-state index contributed by atoms with van der Waals surface area (Å²) in [5.74, 6) is 0.181. The maximum absolute atomic E-state index is 12.6. The minimum absolute atomic E-state index is 0.184. The van der Waals surface area contributed by atoms with Gasteiger partial charge in [-0.05, 0) is 43.2 Å². The molecule has 0 aliphatic carbocycles. The van der Waals surface area contributed by atoms with Gasteiger partial charge in [0.05, 0.1) is 17.5 Å². The Morgan fingerprint density at radius 3 is 2.59 bits per heavy atom. The van der Waals surface area contributed by atoms with Crippen LogP contribution in [-0.2, 0) is 14.8 Å². The van der Waals surface area contributed by atoms with Crippen molar-refractivity contribution >= 4 is 33.2 Å². The van der Waals surface area contributed by atoms with Crippen LogP contribution in [0.25, 0.3) is 0 Å². The lowest BCUT2D eigenvalue weighted by molar-refractivity contribution is -0.120. The number of carbonyl (C=O) groups is 2. The number of para-hydroxylation sites is 2. The van der Waals surface area contributed by atoms with Gasteiger partial charge in [0, 0.05) is 24.7 Å². The second-order valence-electron chi connectivity index (χ2n) is 7.19. The van der Waals surface area contributed by atoms with Crippen LogP contribution in [0.1, 0.15) is 23.2 Å². The number of benzene rings is 2. The molecule has 0 atom stereocenters. The normalized spacial score (nSPS) is 17.3. The van der Waals surface area contributed by atoms with Crippen LogP contribution in [0.3, 0.4) is 0 Å². The molecular formula is C20H21N3O5S. The molecule has 4 rings (SSSR count). The van der Waals surface area contributed by atoms with Crippen molar-refractivity contribution in [3.8, 4) is 11.5 Å². The molecule has 0 spiro atoms. The minimum Gasteiger partial charge on any atom is -0.454 e. The molecule has 0 saturated carbocycles. The number of amides is 2. The van der Waals surface area contributed by atoms with Gasteiger partial charge in [0.25, 0.3) is 5.91 Å². The van der Waals surface area contributed by atoms with Crippen molar-refractivity contribution < 1.29 is 22.7 Å². The maximum atomic E-state index is 12.6. The second kappa shape index (κ2) is 7.49. The molecule has 2 aromatic rings. The van der Waals surface area contributed by atoms with Gasteiger partial charge in [-0.2, -0.15) is 0 Å². The standard InChI is InChI=1S/C20H21N3O5S/c1-29(26,27)23-10-8-13(9-11-23)19(24)21-14-6-7-17-15(12-14)20(25)22-16-4-2-3-5-18(16)28-17/h2-7,12-13H,8-11H2,1H3,(H,21,24)(H,22,25). The van der Waals surface area contributed by atoms with E-state index in [0.717, 1.165) is 0 Å². The third-order valence-corrected chi connectivity index (χ3v) is 6.44. The van der Waals surface area contributed by atoms with E-state index in [2.05, 4.69) is 10.6 Å². The number of nitrogens with zero attached hydrogens (tertiary/aromatic N) is 1. The molecule has 2 amide bonds. The van der Waals surface area contributed by atoms with Crippen molar-refractivity contribution in [2.75, 3.05) is 30.0 Å². The summed E-state index contributed by atoms with van der Waals surface area (Å²) < 4.78 is 30.4. The number of ether oxygens (including phenoxy) is 1. The predicted molar refractivity (Wildman–Crippen MR) is 109 cm³/mol. The van der Waals surface area contributed by atoms with Crippen molar-refractivity contribution in [2.24, 2.45) is 5.92 Å². The molecule has 2 aliphatic rings. The van der Waals surface area contributed by atoms with Gasteiger partial charge >= 0.3 is 0 Å². The fourth-order valence-corrected chi connectivity index (χ4v) is 4.41. The van der Waals surface area contributed by atoms with Gasteiger partial charge in [0.15, 0.2) is 5.75 Å². The smallest absolute Gasteiger partial charge is 0.259 e. The molecule has 0 bridgehead atoms. The number of rotatable bonds is 3. The topological polar surface area (TPSA) is 105 Å². The average Bonchev–Trinajstić information content (AvgIpc) is 2.83. The van der Waals surface area contributed by atoms with Crippen molar-refractivity contribution in [3.05, 3.63) is 48.0 Å². The maximum Gasteiger partial charge on any atom is 0.259 e. The van der Waals surface area contributed by atoms with E-state index in [4.69, 9.17) is 4.74 Å². The van der Waals surface area contributed by atoms with E-state index in [1.54, 1.807) is 36.4 Å². The molecule has 29 heavy (non-hydrogen) atoms. The first-order chi connectivity index (χ1) is 13.8. The quantitative estimate of drug-likeness (QED) is 0.802. The van der Waals surface area contributed by atoms with Crippen molar-refractivity contribution in [3.63, 3.8) is 0 Å². The first kappa shape index (κ1) is 19.4. The number of hydrogen-bond donors (Lipinski definition) is 2. The SMILES string of the molecule is CS(=O)(=O)N1CCC(C(=O)Nc2ccc3c(c2)C(=O)Nc2ccccc2O3)CC1. The molecule has 8 nitrogen and oxygen atoms in total. The van der Waals surface area contributed by atoms with Crippen molar-refractivity contribution in [2.45, 2.75) is 12.8 Å². The van der Waals surface area contributed by atoms with Crippen LogP contribution in [0.5, 0.6) is 11.5 Å². The van der Waals surface area contributed by atoms with Gasteiger partial charge in [-0.1, -0.05) is 12.1 Å². The number of piperidine rings is 1. The zero-order chi connectivity index (χ0) is 20.6. The number of carbonyl (C=O) groups excluding carboxylic acids is 2. The second-order valence-corrected chi connectivity index (χ2v) is 9.17. The summed E-state index contributed by atoms with van der Waals surface area (Å²) in [7, 11) is -3.23. The molecule has 9 heteroatoms. The summed E-state index contributed by atoms with van der Waals surface area (Å²) in [6.07, 6.45) is 2.10. The highest BCUT2D eigenvalue weighted by atomic mass is 32.2. The Labute approximate surface area is 168 Å². The van der Waals surface area contributed by atoms with Crippen LogP contribution >= 0.6 is 0 Å². The summed E-state index contributed by atoms with van der Waals surface area (Å²) in [5, 5.41) is 5.64. The van der Waals surface area contributed by atoms with Crippen LogP contribution in [0.4, 0.5) is 11.4 Å². The van der Waals surface area contributed by atoms with Gasteiger partial charge in [-0.15, -0.1) is 0 Å². The molecule has 152 valence electrons. The number of anilines is 2. The number of hydrogen-bond acceptors (Lipinski definition) is 5. The van der Waals surface area contributed by atoms with E-state index >= 15 is 0 Å². The molecule has 2 aliphatic heterocycles.